The van der Waals surface area contributed by atoms with Crippen molar-refractivity contribution in [2.75, 3.05) is 62.6 Å². The molecule has 9 nitrogen and oxygen atoms in total. The van der Waals surface area contributed by atoms with Gasteiger partial charge in [0.2, 0.25) is 5.91 Å². The second-order valence-electron chi connectivity index (χ2n) is 11.6. The largest absolute Gasteiger partial charge is 0.385 e. The van der Waals surface area contributed by atoms with Crippen LogP contribution in [0.2, 0.25) is 0 Å². The van der Waals surface area contributed by atoms with Crippen molar-refractivity contribution in [3.63, 3.8) is 0 Å². The Labute approximate surface area is 255 Å². The van der Waals surface area contributed by atoms with E-state index in [1.807, 2.05) is 17.0 Å². The van der Waals surface area contributed by atoms with Crippen LogP contribution in [0.15, 0.2) is 85.2 Å². The van der Waals surface area contributed by atoms with Crippen LogP contribution in [0.1, 0.15) is 6.42 Å². The van der Waals surface area contributed by atoms with Crippen molar-refractivity contribution in [3.05, 3.63) is 91.0 Å². The number of hydrogen-bond donors (Lipinski definition) is 2. The number of carbonyl (C=O) groups is 1. The summed E-state index contributed by atoms with van der Waals surface area (Å²) in [4.78, 5) is 28.4. The van der Waals surface area contributed by atoms with Crippen LogP contribution in [0, 0.1) is 11.7 Å². The van der Waals surface area contributed by atoms with Gasteiger partial charge in [-0.2, -0.15) is 5.10 Å². The number of nitrogens with one attached hydrogen (secondary N) is 2. The minimum absolute atomic E-state index is 0.216. The number of benzene rings is 3. The van der Waals surface area contributed by atoms with Gasteiger partial charge >= 0.3 is 0 Å². The van der Waals surface area contributed by atoms with Gasteiger partial charge in [-0.3, -0.25) is 14.8 Å². The van der Waals surface area contributed by atoms with E-state index in [4.69, 9.17) is 0 Å². The standard InChI is InChI=1S/C34H35FN8O/c35-27-6-2-25(3-7-27)33-30-20-28(8-11-31(30)39-40-33)38-21-24-12-15-41(22-24)23-32(44)43-18-16-42(17-19-43)29-9-4-26(5-10-29)34-36-13-1-14-37-34/h1-11,13-14,20,24,38H,12,15-19,21-23H2,(H,39,40)/t24-/m0/s1. The summed E-state index contributed by atoms with van der Waals surface area (Å²) in [5.74, 6) is 1.15. The predicted octanol–water partition coefficient (Wildman–Crippen LogP) is 4.91. The van der Waals surface area contributed by atoms with Gasteiger partial charge < -0.3 is 15.1 Å². The quantitative estimate of drug-likeness (QED) is 0.265. The third-order valence-electron chi connectivity index (χ3n) is 8.69. The number of fused-ring (bicyclic) bond motifs is 1. The molecule has 44 heavy (non-hydrogen) atoms. The molecular formula is C34H35FN8O. The zero-order chi connectivity index (χ0) is 29.9. The number of halogens is 1. The van der Waals surface area contributed by atoms with Crippen LogP contribution >= 0.6 is 0 Å². The maximum absolute atomic E-state index is 13.4. The highest BCUT2D eigenvalue weighted by molar-refractivity contribution is 5.94. The summed E-state index contributed by atoms with van der Waals surface area (Å²) in [7, 11) is 0. The van der Waals surface area contributed by atoms with Gasteiger partial charge in [-0.15, -0.1) is 0 Å². The number of aromatic amines is 1. The van der Waals surface area contributed by atoms with E-state index < -0.39 is 0 Å². The molecule has 7 rings (SSSR count). The smallest absolute Gasteiger partial charge is 0.236 e. The minimum Gasteiger partial charge on any atom is -0.385 e. The number of H-pyrrole nitrogens is 1. The highest BCUT2D eigenvalue weighted by Gasteiger charge is 2.27. The molecule has 1 atom stereocenters. The third-order valence-corrected chi connectivity index (χ3v) is 8.69. The summed E-state index contributed by atoms with van der Waals surface area (Å²) in [5, 5.41) is 12.1. The number of amides is 1. The lowest BCUT2D eigenvalue weighted by atomic mass is 10.1. The van der Waals surface area contributed by atoms with Crippen molar-refractivity contribution in [3.8, 4) is 22.6 Å². The average molecular weight is 591 g/mol. The predicted molar refractivity (Wildman–Crippen MR) is 171 cm³/mol. The van der Waals surface area contributed by atoms with Crippen LogP contribution in [-0.2, 0) is 4.79 Å². The van der Waals surface area contributed by atoms with Crippen molar-refractivity contribution in [1.82, 2.24) is 30.0 Å². The van der Waals surface area contributed by atoms with Gasteiger partial charge in [0, 0.05) is 79.6 Å². The number of piperazine rings is 1. The van der Waals surface area contributed by atoms with Gasteiger partial charge in [0.05, 0.1) is 17.8 Å². The van der Waals surface area contributed by atoms with Crippen molar-refractivity contribution < 1.29 is 9.18 Å². The Morgan fingerprint density at radius 2 is 1.66 bits per heavy atom. The molecule has 0 unspecified atom stereocenters. The summed E-state index contributed by atoms with van der Waals surface area (Å²) in [6, 6.07) is 22.7. The van der Waals surface area contributed by atoms with Crippen molar-refractivity contribution >= 4 is 28.2 Å². The highest BCUT2D eigenvalue weighted by atomic mass is 19.1. The second kappa shape index (κ2) is 12.4. The molecule has 0 aliphatic carbocycles. The van der Waals surface area contributed by atoms with Crippen molar-refractivity contribution in [2.24, 2.45) is 5.92 Å². The van der Waals surface area contributed by atoms with Crippen molar-refractivity contribution in [2.45, 2.75) is 6.42 Å². The molecule has 3 aromatic carbocycles. The van der Waals surface area contributed by atoms with Gasteiger partial charge in [0.15, 0.2) is 5.82 Å². The fourth-order valence-electron chi connectivity index (χ4n) is 6.21. The maximum Gasteiger partial charge on any atom is 0.236 e. The van der Waals surface area contributed by atoms with Crippen LogP contribution in [0.25, 0.3) is 33.5 Å². The Bertz CT molecular complexity index is 1720. The first-order chi connectivity index (χ1) is 21.6. The fraction of sp³-hybridized carbons (Fsp3) is 0.294. The first-order valence-electron chi connectivity index (χ1n) is 15.2. The molecule has 2 aliphatic heterocycles. The fourth-order valence-corrected chi connectivity index (χ4v) is 6.21. The molecular weight excluding hydrogens is 555 g/mol. The second-order valence-corrected chi connectivity index (χ2v) is 11.6. The van der Waals surface area contributed by atoms with Gasteiger partial charge in [-0.1, -0.05) is 0 Å². The summed E-state index contributed by atoms with van der Waals surface area (Å²) in [5.41, 5.74) is 5.81. The number of rotatable bonds is 8. The zero-order valence-corrected chi connectivity index (χ0v) is 24.5. The molecule has 2 N–H and O–H groups in total. The SMILES string of the molecule is O=C(CN1CC[C@@H](CNc2ccc3[nH]nc(-c4ccc(F)cc4)c3c2)C1)N1CCN(c2ccc(-c3ncccn3)cc2)CC1. The summed E-state index contributed by atoms with van der Waals surface area (Å²) >= 11 is 0. The molecule has 1 amide bonds. The van der Waals surface area contributed by atoms with E-state index in [2.05, 4.69) is 71.7 Å². The van der Waals surface area contributed by atoms with Gasteiger partial charge in [0.25, 0.3) is 0 Å². The Balaban J connectivity index is 0.876. The Morgan fingerprint density at radius 3 is 2.43 bits per heavy atom. The van der Waals surface area contributed by atoms with E-state index in [0.717, 1.165) is 97.2 Å². The van der Waals surface area contributed by atoms with Crippen molar-refractivity contribution in [1.29, 1.82) is 0 Å². The van der Waals surface area contributed by atoms with E-state index >= 15 is 0 Å². The van der Waals surface area contributed by atoms with Crippen LogP contribution in [0.4, 0.5) is 15.8 Å². The maximum atomic E-state index is 13.4. The molecule has 4 heterocycles. The molecule has 0 radical (unpaired) electrons. The summed E-state index contributed by atoms with van der Waals surface area (Å²) in [6.07, 6.45) is 4.57. The summed E-state index contributed by atoms with van der Waals surface area (Å²) in [6.45, 7) is 6.27. The normalized spacial score (nSPS) is 17.3. The van der Waals surface area contributed by atoms with Crippen LogP contribution in [0.3, 0.4) is 0 Å². The van der Waals surface area contributed by atoms with Crippen LogP contribution in [0.5, 0.6) is 0 Å². The molecule has 2 aromatic heterocycles. The molecule has 224 valence electrons. The average Bonchev–Trinajstić information content (AvgIpc) is 3.71. The first kappa shape index (κ1) is 28.0. The number of anilines is 2. The van der Waals surface area contributed by atoms with E-state index in [1.54, 1.807) is 24.5 Å². The number of hydrogen-bond acceptors (Lipinski definition) is 7. The monoisotopic (exact) mass is 590 g/mol. The molecule has 10 heteroatoms. The van der Waals surface area contributed by atoms with Gasteiger partial charge in [-0.05, 0) is 91.7 Å². The van der Waals surface area contributed by atoms with Crippen LogP contribution in [-0.4, -0.2) is 88.2 Å². The summed E-state index contributed by atoms with van der Waals surface area (Å²) < 4.78 is 13.4. The molecule has 2 fully saturated rings. The highest BCUT2D eigenvalue weighted by Crippen LogP contribution is 2.29. The molecule has 2 saturated heterocycles. The number of aromatic nitrogens is 4. The van der Waals surface area contributed by atoms with Crippen LogP contribution < -0.4 is 10.2 Å². The first-order valence-corrected chi connectivity index (χ1v) is 15.2. The molecule has 2 aliphatic rings. The molecule has 0 saturated carbocycles. The molecule has 0 bridgehead atoms. The van der Waals surface area contributed by atoms with Gasteiger partial charge in [0.1, 0.15) is 5.82 Å². The van der Waals surface area contributed by atoms with E-state index in [9.17, 15) is 9.18 Å². The lowest BCUT2D eigenvalue weighted by molar-refractivity contribution is -0.132. The molecule has 5 aromatic rings. The van der Waals surface area contributed by atoms with Gasteiger partial charge in [-0.25, -0.2) is 14.4 Å². The molecule has 0 spiro atoms. The topological polar surface area (TPSA) is 93.3 Å². The number of nitrogens with zero attached hydrogens (tertiary/aromatic N) is 6. The lowest BCUT2D eigenvalue weighted by Gasteiger charge is -2.36. The minimum atomic E-state index is -0.261. The Kier molecular flexibility index (Phi) is 7.89. The van der Waals surface area contributed by atoms with E-state index in [1.165, 1.54) is 12.1 Å². The number of likely N-dealkylation sites (tertiary alicyclic amines) is 1. The third kappa shape index (κ3) is 6.12. The van der Waals surface area contributed by atoms with E-state index in [0.29, 0.717) is 12.5 Å². The Morgan fingerprint density at radius 1 is 0.909 bits per heavy atom. The van der Waals surface area contributed by atoms with E-state index in [-0.39, 0.29) is 11.7 Å². The Hall–Kier alpha value is -4.83. The zero-order valence-electron chi connectivity index (χ0n) is 24.5. The number of carbonyl (C=O) groups excluding carboxylic acids is 1. The lowest BCUT2D eigenvalue weighted by Crippen LogP contribution is -2.51.